The molecule has 1 rings (SSSR count). The predicted molar refractivity (Wildman–Crippen MR) is 111 cm³/mol. The lowest BCUT2D eigenvalue weighted by Gasteiger charge is -1.99. The van der Waals surface area contributed by atoms with Gasteiger partial charge >= 0.3 is 5.97 Å². The van der Waals surface area contributed by atoms with E-state index in [4.69, 9.17) is 4.74 Å². The van der Waals surface area contributed by atoms with Crippen LogP contribution < -0.4 is 0 Å². The van der Waals surface area contributed by atoms with Crippen LogP contribution in [-0.2, 0) is 9.53 Å². The third-order valence-corrected chi connectivity index (χ3v) is 4.24. The molecule has 0 aliphatic carbocycles. The van der Waals surface area contributed by atoms with Crippen molar-refractivity contribution in [2.24, 2.45) is 0 Å². The molecule has 0 saturated carbocycles. The highest BCUT2D eigenvalue weighted by Crippen LogP contribution is 2.09. The first-order valence-electron chi connectivity index (χ1n) is 10.1. The van der Waals surface area contributed by atoms with Crippen molar-refractivity contribution in [3.05, 3.63) is 41.5 Å². The summed E-state index contributed by atoms with van der Waals surface area (Å²) in [5.41, 5.74) is 1.46. The standard InChI is InChI=1S/C24H32O3/c1-2-3-4-5-6-7-8-9-10-11-12-13-20-27-24(26)19-18-22-14-16-23(21-25)17-15-22/h14-19,21H,2-10,13,20H2,1H3/b19-18+. The van der Waals surface area contributed by atoms with E-state index in [9.17, 15) is 9.59 Å². The minimum absolute atomic E-state index is 0.317. The minimum atomic E-state index is -0.376. The van der Waals surface area contributed by atoms with Gasteiger partial charge in [0.1, 0.15) is 12.9 Å². The molecule has 0 aliphatic rings. The van der Waals surface area contributed by atoms with Crippen molar-refractivity contribution < 1.29 is 14.3 Å². The molecule has 1 aromatic rings. The molecule has 0 atom stereocenters. The molecule has 0 radical (unpaired) electrons. The second-order valence-corrected chi connectivity index (χ2v) is 6.61. The van der Waals surface area contributed by atoms with Gasteiger partial charge in [0.05, 0.1) is 0 Å². The van der Waals surface area contributed by atoms with Crippen molar-refractivity contribution in [1.29, 1.82) is 0 Å². The number of aldehydes is 1. The molecule has 0 unspecified atom stereocenters. The lowest BCUT2D eigenvalue weighted by atomic mass is 10.1. The zero-order valence-electron chi connectivity index (χ0n) is 16.5. The van der Waals surface area contributed by atoms with Crippen LogP contribution >= 0.6 is 0 Å². The SMILES string of the molecule is CCCCCCCCCCC#CCCOC(=O)/C=C/c1ccc(C=O)cc1. The van der Waals surface area contributed by atoms with Crippen molar-refractivity contribution in [2.45, 2.75) is 71.1 Å². The molecule has 146 valence electrons. The summed E-state index contributed by atoms with van der Waals surface area (Å²) in [5, 5.41) is 0. The van der Waals surface area contributed by atoms with Gasteiger partial charge in [0.15, 0.2) is 0 Å². The number of carbonyl (C=O) groups is 2. The van der Waals surface area contributed by atoms with Crippen LogP contribution in [0.1, 0.15) is 87.1 Å². The molecule has 0 saturated heterocycles. The maximum Gasteiger partial charge on any atom is 0.330 e. The van der Waals surface area contributed by atoms with Crippen LogP contribution in [0.3, 0.4) is 0 Å². The first-order chi connectivity index (χ1) is 13.3. The molecule has 0 amide bonds. The Morgan fingerprint density at radius 3 is 2.15 bits per heavy atom. The Kier molecular flexibility index (Phi) is 13.4. The summed E-state index contributed by atoms with van der Waals surface area (Å²) in [6, 6.07) is 6.98. The van der Waals surface area contributed by atoms with Gasteiger partial charge in [0, 0.05) is 24.5 Å². The number of hydrogen-bond donors (Lipinski definition) is 0. The lowest BCUT2D eigenvalue weighted by molar-refractivity contribution is -0.137. The van der Waals surface area contributed by atoms with Crippen molar-refractivity contribution in [3.8, 4) is 11.8 Å². The Morgan fingerprint density at radius 1 is 0.889 bits per heavy atom. The quantitative estimate of drug-likeness (QED) is 0.141. The second-order valence-electron chi connectivity index (χ2n) is 6.61. The third kappa shape index (κ3) is 12.6. The average molecular weight is 369 g/mol. The normalized spacial score (nSPS) is 10.4. The zero-order chi connectivity index (χ0) is 19.6. The summed E-state index contributed by atoms with van der Waals surface area (Å²) in [5.74, 6) is 5.84. The maximum absolute atomic E-state index is 11.6. The number of hydrogen-bond acceptors (Lipinski definition) is 3. The molecule has 0 N–H and O–H groups in total. The first-order valence-corrected chi connectivity index (χ1v) is 10.1. The highest BCUT2D eigenvalue weighted by Gasteiger charge is 1.96. The van der Waals surface area contributed by atoms with E-state index < -0.39 is 0 Å². The van der Waals surface area contributed by atoms with Gasteiger partial charge in [-0.05, 0) is 18.1 Å². The van der Waals surface area contributed by atoms with Gasteiger partial charge in [-0.25, -0.2) is 4.79 Å². The van der Waals surface area contributed by atoms with Crippen molar-refractivity contribution in [3.63, 3.8) is 0 Å². The third-order valence-electron chi connectivity index (χ3n) is 4.24. The average Bonchev–Trinajstić information content (AvgIpc) is 2.70. The molecule has 1 aromatic carbocycles. The summed E-state index contributed by atoms with van der Waals surface area (Å²) < 4.78 is 5.12. The van der Waals surface area contributed by atoms with Crippen LogP contribution in [0.15, 0.2) is 30.3 Å². The van der Waals surface area contributed by atoms with Crippen molar-refractivity contribution in [2.75, 3.05) is 6.61 Å². The Labute approximate surface area is 164 Å². The predicted octanol–water partition coefficient (Wildman–Crippen LogP) is 5.98. The molecule has 0 aromatic heterocycles. The van der Waals surface area contributed by atoms with Crippen LogP contribution in [0.4, 0.5) is 0 Å². The van der Waals surface area contributed by atoms with Crippen LogP contribution in [0.2, 0.25) is 0 Å². The van der Waals surface area contributed by atoms with Gasteiger partial charge < -0.3 is 4.74 Å². The van der Waals surface area contributed by atoms with E-state index in [0.29, 0.717) is 18.6 Å². The molecule has 0 fully saturated rings. The van der Waals surface area contributed by atoms with Gasteiger partial charge in [-0.1, -0.05) is 82.1 Å². The molecule has 3 nitrogen and oxygen atoms in total. The summed E-state index contributed by atoms with van der Waals surface area (Å²) in [4.78, 5) is 22.2. The van der Waals surface area contributed by atoms with E-state index in [-0.39, 0.29) is 5.97 Å². The molecular formula is C24H32O3. The first kappa shape index (κ1) is 22.7. The fourth-order valence-electron chi connectivity index (χ4n) is 2.62. The Morgan fingerprint density at radius 2 is 1.48 bits per heavy atom. The summed E-state index contributed by atoms with van der Waals surface area (Å²) in [7, 11) is 0. The number of benzene rings is 1. The molecule has 0 spiro atoms. The van der Waals surface area contributed by atoms with Crippen LogP contribution in [0.25, 0.3) is 6.08 Å². The second kappa shape index (κ2) is 15.9. The Bertz CT molecular complexity index is 617. The van der Waals surface area contributed by atoms with Gasteiger partial charge in [-0.3, -0.25) is 4.79 Å². The molecule has 27 heavy (non-hydrogen) atoms. The monoisotopic (exact) mass is 368 g/mol. The van der Waals surface area contributed by atoms with Crippen LogP contribution in [0, 0.1) is 11.8 Å². The lowest BCUT2D eigenvalue weighted by Crippen LogP contribution is -2.01. The van der Waals surface area contributed by atoms with E-state index >= 15 is 0 Å². The Hall–Kier alpha value is -2.34. The van der Waals surface area contributed by atoms with Gasteiger partial charge in [-0.15, -0.1) is 5.92 Å². The minimum Gasteiger partial charge on any atom is -0.462 e. The van der Waals surface area contributed by atoms with E-state index in [0.717, 1.165) is 24.7 Å². The number of unbranched alkanes of at least 4 members (excludes halogenated alkanes) is 8. The Balaban J connectivity index is 2.02. The topological polar surface area (TPSA) is 43.4 Å². The van der Waals surface area contributed by atoms with Crippen molar-refractivity contribution >= 4 is 18.3 Å². The van der Waals surface area contributed by atoms with Gasteiger partial charge in [0.25, 0.3) is 0 Å². The summed E-state index contributed by atoms with van der Waals surface area (Å²) >= 11 is 0. The van der Waals surface area contributed by atoms with E-state index in [2.05, 4.69) is 18.8 Å². The highest BCUT2D eigenvalue weighted by molar-refractivity contribution is 5.87. The van der Waals surface area contributed by atoms with E-state index in [1.54, 1.807) is 30.3 Å². The largest absolute Gasteiger partial charge is 0.462 e. The van der Waals surface area contributed by atoms with E-state index in [1.807, 2.05) is 0 Å². The number of rotatable bonds is 13. The van der Waals surface area contributed by atoms with Crippen LogP contribution in [-0.4, -0.2) is 18.9 Å². The summed E-state index contributed by atoms with van der Waals surface area (Å²) in [6.07, 6.45) is 15.8. The van der Waals surface area contributed by atoms with E-state index in [1.165, 1.54) is 51.0 Å². The molecular weight excluding hydrogens is 336 g/mol. The summed E-state index contributed by atoms with van der Waals surface area (Å²) in [6.45, 7) is 2.56. The molecule has 0 bridgehead atoms. The maximum atomic E-state index is 11.6. The fourth-order valence-corrected chi connectivity index (χ4v) is 2.62. The van der Waals surface area contributed by atoms with Gasteiger partial charge in [0.2, 0.25) is 0 Å². The number of ether oxygens (including phenoxy) is 1. The van der Waals surface area contributed by atoms with Crippen LogP contribution in [0.5, 0.6) is 0 Å². The van der Waals surface area contributed by atoms with Gasteiger partial charge in [-0.2, -0.15) is 0 Å². The number of carbonyl (C=O) groups excluding carboxylic acids is 2. The molecule has 0 heterocycles. The molecule has 3 heteroatoms. The number of esters is 1. The highest BCUT2D eigenvalue weighted by atomic mass is 16.5. The molecule has 0 aliphatic heterocycles. The fraction of sp³-hybridized carbons (Fsp3) is 0.500. The van der Waals surface area contributed by atoms with Crippen molar-refractivity contribution in [1.82, 2.24) is 0 Å². The zero-order valence-corrected chi connectivity index (χ0v) is 16.5. The smallest absolute Gasteiger partial charge is 0.330 e.